The fraction of sp³-hybridized carbons (Fsp3) is 0.524. The number of carbonyl (C=O) groups is 1. The summed E-state index contributed by atoms with van der Waals surface area (Å²) in [4.78, 5) is 12.6. The Labute approximate surface area is 166 Å². The molecule has 2 atom stereocenters. The van der Waals surface area contributed by atoms with Gasteiger partial charge in [0.25, 0.3) is 0 Å². The molecule has 5 N–H and O–H groups in total. The molecule has 1 fully saturated rings. The molecule has 1 aliphatic rings. The van der Waals surface area contributed by atoms with Crippen molar-refractivity contribution in [3.8, 4) is 5.69 Å². The third-order valence-corrected chi connectivity index (χ3v) is 5.92. The minimum Gasteiger partial charge on any atom is -0.384 e. The Bertz CT molecular complexity index is 817. The molecule has 1 aromatic heterocycles. The van der Waals surface area contributed by atoms with Crippen molar-refractivity contribution >= 4 is 11.7 Å². The highest BCUT2D eigenvalue weighted by Crippen LogP contribution is 2.49. The first-order valence-corrected chi connectivity index (χ1v) is 9.88. The van der Waals surface area contributed by atoms with Crippen LogP contribution in [0.5, 0.6) is 0 Å². The van der Waals surface area contributed by atoms with Gasteiger partial charge in [-0.05, 0) is 31.9 Å². The molecule has 152 valence electrons. The first kappa shape index (κ1) is 20.4. The number of anilines is 1. The van der Waals surface area contributed by atoms with Crippen LogP contribution in [-0.2, 0) is 16.0 Å². The van der Waals surface area contributed by atoms with E-state index in [4.69, 9.17) is 16.2 Å². The highest BCUT2D eigenvalue weighted by molar-refractivity contribution is 5.88. The van der Waals surface area contributed by atoms with E-state index < -0.39 is 5.54 Å². The van der Waals surface area contributed by atoms with Crippen molar-refractivity contribution in [2.45, 2.75) is 51.7 Å². The number of amides is 1. The topological polar surface area (TPSA) is 108 Å². The van der Waals surface area contributed by atoms with E-state index in [1.165, 1.54) is 0 Å². The van der Waals surface area contributed by atoms with Crippen molar-refractivity contribution in [3.05, 3.63) is 42.1 Å². The zero-order valence-electron chi connectivity index (χ0n) is 16.9. The summed E-state index contributed by atoms with van der Waals surface area (Å²) in [6.07, 6.45) is 2.07. The van der Waals surface area contributed by atoms with E-state index in [0.717, 1.165) is 24.2 Å². The maximum atomic E-state index is 12.6. The SMILES string of the molecule is CCOC1CC(N)(C(=O)NCCCc2cc(N)n(-c3ccccc3)n2)C1(C)C. The van der Waals surface area contributed by atoms with E-state index in [1.54, 1.807) is 4.68 Å². The van der Waals surface area contributed by atoms with Gasteiger partial charge in [-0.2, -0.15) is 5.10 Å². The largest absolute Gasteiger partial charge is 0.384 e. The van der Waals surface area contributed by atoms with Crippen LogP contribution < -0.4 is 16.8 Å². The summed E-state index contributed by atoms with van der Waals surface area (Å²) in [5.74, 6) is 0.493. The van der Waals surface area contributed by atoms with Gasteiger partial charge >= 0.3 is 0 Å². The number of ether oxygens (including phenoxy) is 1. The molecule has 1 heterocycles. The Hall–Kier alpha value is -2.38. The molecular weight excluding hydrogens is 354 g/mol. The Morgan fingerprint density at radius 3 is 2.71 bits per heavy atom. The molecule has 2 unspecified atom stereocenters. The lowest BCUT2D eigenvalue weighted by Crippen LogP contribution is -2.75. The number of benzene rings is 1. The number of rotatable bonds is 8. The van der Waals surface area contributed by atoms with E-state index in [2.05, 4.69) is 10.4 Å². The lowest BCUT2D eigenvalue weighted by molar-refractivity contribution is -0.170. The second kappa shape index (κ2) is 7.93. The van der Waals surface area contributed by atoms with Crippen LogP contribution in [0.25, 0.3) is 5.69 Å². The lowest BCUT2D eigenvalue weighted by Gasteiger charge is -2.57. The first-order chi connectivity index (χ1) is 13.3. The van der Waals surface area contributed by atoms with Crippen molar-refractivity contribution < 1.29 is 9.53 Å². The van der Waals surface area contributed by atoms with E-state index in [1.807, 2.05) is 57.2 Å². The fourth-order valence-electron chi connectivity index (χ4n) is 3.79. The third-order valence-electron chi connectivity index (χ3n) is 5.92. The lowest BCUT2D eigenvalue weighted by atomic mass is 9.54. The Kier molecular flexibility index (Phi) is 5.76. The summed E-state index contributed by atoms with van der Waals surface area (Å²) in [6.45, 7) is 7.12. The molecule has 1 amide bonds. The van der Waals surface area contributed by atoms with Gasteiger partial charge in [0.2, 0.25) is 5.91 Å². The number of hydrogen-bond donors (Lipinski definition) is 3. The van der Waals surface area contributed by atoms with Gasteiger partial charge in [-0.15, -0.1) is 0 Å². The van der Waals surface area contributed by atoms with Crippen molar-refractivity contribution in [2.24, 2.45) is 11.1 Å². The number of aromatic nitrogens is 2. The number of hydrogen-bond acceptors (Lipinski definition) is 5. The molecule has 1 saturated carbocycles. The summed E-state index contributed by atoms with van der Waals surface area (Å²) in [7, 11) is 0. The number of para-hydroxylation sites is 1. The molecule has 1 aromatic carbocycles. The average molecular weight is 386 g/mol. The number of nitrogens with one attached hydrogen (secondary N) is 1. The van der Waals surface area contributed by atoms with Crippen molar-refractivity contribution in [1.82, 2.24) is 15.1 Å². The molecular formula is C21H31N5O2. The van der Waals surface area contributed by atoms with Gasteiger partial charge in [-0.1, -0.05) is 32.0 Å². The van der Waals surface area contributed by atoms with Gasteiger partial charge < -0.3 is 21.5 Å². The summed E-state index contributed by atoms with van der Waals surface area (Å²) < 4.78 is 7.42. The highest BCUT2D eigenvalue weighted by atomic mass is 16.5. The summed E-state index contributed by atoms with van der Waals surface area (Å²) in [6, 6.07) is 11.7. The first-order valence-electron chi connectivity index (χ1n) is 9.88. The molecule has 1 aliphatic carbocycles. The molecule has 28 heavy (non-hydrogen) atoms. The van der Waals surface area contributed by atoms with Gasteiger partial charge in [0.1, 0.15) is 11.4 Å². The minimum atomic E-state index is -0.883. The average Bonchev–Trinajstić information content (AvgIpc) is 3.06. The number of nitrogen functional groups attached to an aromatic ring is 1. The van der Waals surface area contributed by atoms with Crippen LogP contribution >= 0.6 is 0 Å². The number of aryl methyl sites for hydroxylation is 1. The van der Waals surface area contributed by atoms with E-state index in [0.29, 0.717) is 25.4 Å². The molecule has 0 bridgehead atoms. The smallest absolute Gasteiger partial charge is 0.240 e. The van der Waals surface area contributed by atoms with Gasteiger partial charge in [-0.25, -0.2) is 4.68 Å². The quantitative estimate of drug-likeness (QED) is 0.603. The maximum Gasteiger partial charge on any atom is 0.240 e. The Morgan fingerprint density at radius 2 is 2.07 bits per heavy atom. The number of nitrogens with two attached hydrogens (primary N) is 2. The number of carbonyl (C=O) groups excluding carboxylic acids is 1. The van der Waals surface area contributed by atoms with Crippen LogP contribution in [0.15, 0.2) is 36.4 Å². The molecule has 0 spiro atoms. The zero-order chi connectivity index (χ0) is 20.4. The molecule has 0 radical (unpaired) electrons. The van der Waals surface area contributed by atoms with Gasteiger partial charge in [0, 0.05) is 31.1 Å². The van der Waals surface area contributed by atoms with Gasteiger partial charge in [-0.3, -0.25) is 4.79 Å². The van der Waals surface area contributed by atoms with Crippen LogP contribution in [0.3, 0.4) is 0 Å². The summed E-state index contributed by atoms with van der Waals surface area (Å²) in [5, 5.41) is 7.55. The third kappa shape index (κ3) is 3.64. The molecule has 3 rings (SSSR count). The number of nitrogens with zero attached hydrogens (tertiary/aromatic N) is 2. The minimum absolute atomic E-state index is 0.0261. The van der Waals surface area contributed by atoms with E-state index >= 15 is 0 Å². The normalized spacial score (nSPS) is 23.2. The van der Waals surface area contributed by atoms with Crippen LogP contribution in [0.1, 0.15) is 39.3 Å². The van der Waals surface area contributed by atoms with Gasteiger partial charge in [0.05, 0.1) is 17.5 Å². The van der Waals surface area contributed by atoms with Crippen molar-refractivity contribution in [1.29, 1.82) is 0 Å². The van der Waals surface area contributed by atoms with E-state index in [-0.39, 0.29) is 17.4 Å². The van der Waals surface area contributed by atoms with Crippen LogP contribution in [0.4, 0.5) is 5.82 Å². The predicted octanol–water partition coefficient (Wildman–Crippen LogP) is 2.04. The van der Waals surface area contributed by atoms with Crippen molar-refractivity contribution in [3.63, 3.8) is 0 Å². The molecule has 2 aromatic rings. The molecule has 0 saturated heterocycles. The molecule has 7 heteroatoms. The second-order valence-electron chi connectivity index (χ2n) is 8.01. The summed E-state index contributed by atoms with van der Waals surface area (Å²) >= 11 is 0. The fourth-order valence-corrected chi connectivity index (χ4v) is 3.79. The predicted molar refractivity (Wildman–Crippen MR) is 110 cm³/mol. The summed E-state index contributed by atoms with van der Waals surface area (Å²) in [5.41, 5.74) is 13.1. The second-order valence-corrected chi connectivity index (χ2v) is 8.01. The highest BCUT2D eigenvalue weighted by Gasteiger charge is 2.62. The zero-order valence-corrected chi connectivity index (χ0v) is 16.9. The molecule has 0 aliphatic heterocycles. The van der Waals surface area contributed by atoms with Crippen molar-refractivity contribution in [2.75, 3.05) is 18.9 Å². The van der Waals surface area contributed by atoms with Crippen LogP contribution in [0.2, 0.25) is 0 Å². The van der Waals surface area contributed by atoms with Crippen LogP contribution in [0, 0.1) is 5.41 Å². The monoisotopic (exact) mass is 385 g/mol. The Morgan fingerprint density at radius 1 is 1.36 bits per heavy atom. The Balaban J connectivity index is 1.50. The van der Waals surface area contributed by atoms with Gasteiger partial charge in [0.15, 0.2) is 0 Å². The van der Waals surface area contributed by atoms with E-state index in [9.17, 15) is 4.79 Å². The molecule has 7 nitrogen and oxygen atoms in total. The van der Waals surface area contributed by atoms with Crippen LogP contribution in [-0.4, -0.2) is 40.5 Å². The standard InChI is InChI=1S/C21H31N5O2/c1-4-28-17-14-21(23,20(17,2)3)19(27)24-12-8-9-15-13-18(22)26(25-15)16-10-6-5-7-11-16/h5-7,10-11,13,17H,4,8-9,12,14,22-23H2,1-3H3,(H,24,27). The maximum absolute atomic E-state index is 12.6.